The maximum absolute atomic E-state index is 11.2. The number of phosphoric acid groups is 1. The Kier molecular flexibility index (Phi) is 8.26. The van der Waals surface area contributed by atoms with Gasteiger partial charge in [0.2, 0.25) is 0 Å². The summed E-state index contributed by atoms with van der Waals surface area (Å²) >= 11 is 0. The first-order valence-electron chi connectivity index (χ1n) is 4.77. The fourth-order valence-corrected chi connectivity index (χ4v) is 1.51. The zero-order valence-electron chi connectivity index (χ0n) is 9.15. The minimum Gasteiger partial charge on any atom is -0.456 e. The van der Waals surface area contributed by atoms with Crippen molar-refractivity contribution in [2.45, 2.75) is 6.10 Å². The molecule has 0 aromatic heterocycles. The largest absolute Gasteiger partial charge is 0.472 e. The van der Waals surface area contributed by atoms with Crippen molar-refractivity contribution < 1.29 is 33.1 Å². The molecule has 0 saturated carbocycles. The highest BCUT2D eigenvalue weighted by molar-refractivity contribution is 7.47. The van der Waals surface area contributed by atoms with Crippen LogP contribution in [0.4, 0.5) is 0 Å². The van der Waals surface area contributed by atoms with Gasteiger partial charge in [0.25, 0.3) is 0 Å². The topological polar surface area (TPSA) is 154 Å². The summed E-state index contributed by atoms with van der Waals surface area (Å²) in [6.07, 6.45) is -1.08. The average Bonchev–Trinajstić information content (AvgIpc) is 2.31. The molecule has 0 radical (unpaired) electrons. The normalized spacial score (nSPS) is 16.2. The zero-order chi connectivity index (χ0) is 13.3. The van der Waals surface area contributed by atoms with Crippen LogP contribution in [0, 0.1) is 0 Å². The van der Waals surface area contributed by atoms with Gasteiger partial charge in [-0.25, -0.2) is 4.57 Å². The number of hydrogen-bond acceptors (Lipinski definition) is 8. The molecular weight excluding hydrogens is 255 g/mol. The van der Waals surface area contributed by atoms with Crippen LogP contribution in [0.3, 0.4) is 0 Å². The minimum absolute atomic E-state index is 0.0551. The van der Waals surface area contributed by atoms with Crippen LogP contribution in [0.5, 0.6) is 0 Å². The Labute approximate surface area is 98.2 Å². The number of rotatable bonds is 9. The maximum atomic E-state index is 11.2. The molecule has 0 spiro atoms. The van der Waals surface area contributed by atoms with Crippen molar-refractivity contribution in [1.29, 1.82) is 0 Å². The molecular formula is C7H17N2O7P. The summed E-state index contributed by atoms with van der Waals surface area (Å²) in [4.78, 5) is 19.9. The van der Waals surface area contributed by atoms with E-state index in [0.717, 1.165) is 0 Å². The first kappa shape index (κ1) is 16.5. The number of aliphatic hydroxyl groups is 1. The molecule has 0 aliphatic rings. The van der Waals surface area contributed by atoms with Gasteiger partial charge in [0.15, 0.2) is 0 Å². The van der Waals surface area contributed by atoms with Crippen molar-refractivity contribution in [2.75, 3.05) is 32.9 Å². The number of carbonyl (C=O) groups is 1. The fourth-order valence-electron chi connectivity index (χ4n) is 0.741. The smallest absolute Gasteiger partial charge is 0.456 e. The van der Waals surface area contributed by atoms with Gasteiger partial charge >= 0.3 is 13.8 Å². The van der Waals surface area contributed by atoms with Crippen molar-refractivity contribution in [2.24, 2.45) is 11.5 Å². The van der Waals surface area contributed by atoms with Gasteiger partial charge in [-0.3, -0.25) is 13.8 Å². The third-order valence-electron chi connectivity index (χ3n) is 1.46. The summed E-state index contributed by atoms with van der Waals surface area (Å²) in [5, 5.41) is 8.81. The summed E-state index contributed by atoms with van der Waals surface area (Å²) in [5.74, 6) is -0.761. The predicted octanol–water partition coefficient (Wildman–Crippen LogP) is -2.06. The number of carbonyl (C=O) groups excluding carboxylic acids is 1. The standard InChI is InChI=1S/C7H17N2O7P/c8-1-2-14-17(12,13)15-5-6(4-10)16-7(11)3-9/h6,10H,1-5,8-9H2,(H,12,13)/t6-/m1/s1. The number of hydrogen-bond donors (Lipinski definition) is 4. The third kappa shape index (κ3) is 8.22. The minimum atomic E-state index is -4.24. The summed E-state index contributed by atoms with van der Waals surface area (Å²) in [7, 11) is -4.24. The quantitative estimate of drug-likeness (QED) is 0.274. The van der Waals surface area contributed by atoms with E-state index in [1.807, 2.05) is 0 Å². The Morgan fingerprint density at radius 1 is 1.35 bits per heavy atom. The van der Waals surface area contributed by atoms with Crippen molar-refractivity contribution in [3.63, 3.8) is 0 Å². The molecule has 9 nitrogen and oxygen atoms in total. The van der Waals surface area contributed by atoms with Gasteiger partial charge in [0.05, 0.1) is 26.4 Å². The van der Waals surface area contributed by atoms with Crippen LogP contribution in [0.15, 0.2) is 0 Å². The molecule has 102 valence electrons. The second kappa shape index (κ2) is 8.54. The predicted molar refractivity (Wildman–Crippen MR) is 56.8 cm³/mol. The van der Waals surface area contributed by atoms with Gasteiger partial charge in [0, 0.05) is 6.54 Å². The van der Waals surface area contributed by atoms with E-state index in [4.69, 9.17) is 21.5 Å². The Hall–Kier alpha value is -0.540. The Balaban J connectivity index is 4.04. The van der Waals surface area contributed by atoms with Gasteiger partial charge in [-0.05, 0) is 0 Å². The van der Waals surface area contributed by atoms with Crippen LogP contribution in [0.25, 0.3) is 0 Å². The molecule has 0 saturated heterocycles. The fraction of sp³-hybridized carbons (Fsp3) is 0.857. The molecule has 0 aromatic carbocycles. The summed E-state index contributed by atoms with van der Waals surface area (Å²) in [5.41, 5.74) is 10.0. The molecule has 2 atom stereocenters. The van der Waals surface area contributed by atoms with Gasteiger partial charge in [0.1, 0.15) is 6.10 Å². The molecule has 0 heterocycles. The van der Waals surface area contributed by atoms with Crippen molar-refractivity contribution in [3.05, 3.63) is 0 Å². The van der Waals surface area contributed by atoms with E-state index >= 15 is 0 Å². The highest BCUT2D eigenvalue weighted by Crippen LogP contribution is 2.42. The monoisotopic (exact) mass is 272 g/mol. The van der Waals surface area contributed by atoms with Crippen LogP contribution < -0.4 is 11.5 Å². The summed E-state index contributed by atoms with van der Waals surface area (Å²) < 4.78 is 24.7. The molecule has 0 aliphatic heterocycles. The number of esters is 1. The lowest BCUT2D eigenvalue weighted by molar-refractivity contribution is -0.151. The molecule has 0 bridgehead atoms. The molecule has 0 aromatic rings. The molecule has 0 rings (SSSR count). The number of nitrogens with two attached hydrogens (primary N) is 2. The van der Waals surface area contributed by atoms with Crippen LogP contribution in [-0.2, 0) is 23.1 Å². The van der Waals surface area contributed by atoms with E-state index in [0.29, 0.717) is 0 Å². The highest BCUT2D eigenvalue weighted by Gasteiger charge is 2.24. The van der Waals surface area contributed by atoms with E-state index < -0.39 is 33.1 Å². The Morgan fingerprint density at radius 2 is 2.00 bits per heavy atom. The first-order valence-corrected chi connectivity index (χ1v) is 6.27. The summed E-state index contributed by atoms with van der Waals surface area (Å²) in [6, 6.07) is 0. The van der Waals surface area contributed by atoms with Gasteiger partial charge in [-0.15, -0.1) is 0 Å². The highest BCUT2D eigenvalue weighted by atomic mass is 31.2. The van der Waals surface area contributed by atoms with Crippen LogP contribution in [0.1, 0.15) is 0 Å². The SMILES string of the molecule is NCCOP(=O)(O)OC[C@@H](CO)OC(=O)CN. The molecule has 0 aliphatic carbocycles. The lowest BCUT2D eigenvalue weighted by Crippen LogP contribution is -2.30. The molecule has 0 amide bonds. The molecule has 10 heteroatoms. The Morgan fingerprint density at radius 3 is 2.47 bits per heavy atom. The van der Waals surface area contributed by atoms with Crippen LogP contribution >= 0.6 is 7.82 Å². The second-order valence-electron chi connectivity index (χ2n) is 2.88. The van der Waals surface area contributed by atoms with Crippen molar-refractivity contribution >= 4 is 13.8 Å². The zero-order valence-corrected chi connectivity index (χ0v) is 10.0. The molecule has 0 fully saturated rings. The van der Waals surface area contributed by atoms with E-state index in [9.17, 15) is 9.36 Å². The lowest BCUT2D eigenvalue weighted by atomic mass is 10.4. The maximum Gasteiger partial charge on any atom is 0.472 e. The molecule has 6 N–H and O–H groups in total. The average molecular weight is 272 g/mol. The van der Waals surface area contributed by atoms with Gasteiger partial charge < -0.3 is 26.2 Å². The van der Waals surface area contributed by atoms with E-state index in [2.05, 4.69) is 13.8 Å². The summed E-state index contributed by atoms with van der Waals surface area (Å²) in [6.45, 7) is -1.51. The lowest BCUT2D eigenvalue weighted by Gasteiger charge is -2.17. The van der Waals surface area contributed by atoms with Crippen LogP contribution in [0.2, 0.25) is 0 Å². The van der Waals surface area contributed by atoms with Crippen LogP contribution in [-0.4, -0.2) is 55.0 Å². The molecule has 17 heavy (non-hydrogen) atoms. The van der Waals surface area contributed by atoms with Gasteiger partial charge in [-0.1, -0.05) is 0 Å². The number of phosphoric ester groups is 1. The van der Waals surface area contributed by atoms with Crippen molar-refractivity contribution in [1.82, 2.24) is 0 Å². The van der Waals surface area contributed by atoms with E-state index in [-0.39, 0.29) is 19.7 Å². The van der Waals surface area contributed by atoms with Crippen molar-refractivity contribution in [3.8, 4) is 0 Å². The number of ether oxygens (including phenoxy) is 1. The first-order chi connectivity index (χ1) is 7.95. The van der Waals surface area contributed by atoms with E-state index in [1.54, 1.807) is 0 Å². The number of aliphatic hydroxyl groups excluding tert-OH is 1. The second-order valence-corrected chi connectivity index (χ2v) is 4.34. The molecule has 1 unspecified atom stereocenters. The van der Waals surface area contributed by atoms with Gasteiger partial charge in [-0.2, -0.15) is 0 Å². The third-order valence-corrected chi connectivity index (χ3v) is 2.45. The van der Waals surface area contributed by atoms with E-state index in [1.165, 1.54) is 0 Å². The Bertz CT molecular complexity index is 275.